The third kappa shape index (κ3) is 5.39. The smallest absolute Gasteiger partial charge is 0.241 e. The molecule has 0 aliphatic heterocycles. The highest BCUT2D eigenvalue weighted by atomic mass is 32.2. The minimum atomic E-state index is -3.52. The summed E-state index contributed by atoms with van der Waals surface area (Å²) in [5, 5.41) is 3.00. The van der Waals surface area contributed by atoms with Gasteiger partial charge in [-0.15, -0.1) is 0 Å². The quantitative estimate of drug-likeness (QED) is 0.759. The fraction of sp³-hybridized carbons (Fsp3) is 0.600. The summed E-state index contributed by atoms with van der Waals surface area (Å²) in [6.45, 7) is 5.24. The molecular weight excluding hydrogens is 286 g/mol. The molecule has 2 N–H and O–H groups in total. The van der Waals surface area contributed by atoms with E-state index >= 15 is 0 Å². The lowest BCUT2D eigenvalue weighted by atomic mass is 10.1. The SMILES string of the molecule is CNCc1ccccc1S(=O)(=O)NC(CN(C)C)C(C)C. The fourth-order valence-corrected chi connectivity index (χ4v) is 3.76. The van der Waals surface area contributed by atoms with Crippen LogP contribution in [0.15, 0.2) is 29.2 Å². The molecule has 0 saturated heterocycles. The third-order valence-corrected chi connectivity index (χ3v) is 4.89. The Balaban J connectivity index is 3.04. The highest BCUT2D eigenvalue weighted by Gasteiger charge is 2.24. The van der Waals surface area contributed by atoms with Gasteiger partial charge in [-0.05, 0) is 38.7 Å². The van der Waals surface area contributed by atoms with Crippen molar-refractivity contribution >= 4 is 10.0 Å². The molecule has 1 unspecified atom stereocenters. The number of nitrogens with zero attached hydrogens (tertiary/aromatic N) is 1. The Morgan fingerprint density at radius 2 is 1.81 bits per heavy atom. The van der Waals surface area contributed by atoms with E-state index in [1.54, 1.807) is 19.2 Å². The summed E-state index contributed by atoms with van der Waals surface area (Å²) in [6.07, 6.45) is 0. The summed E-state index contributed by atoms with van der Waals surface area (Å²) in [7, 11) is 2.17. The Morgan fingerprint density at radius 1 is 1.19 bits per heavy atom. The molecule has 0 radical (unpaired) electrons. The van der Waals surface area contributed by atoms with E-state index in [1.165, 1.54) is 0 Å². The zero-order valence-corrected chi connectivity index (χ0v) is 14.4. The van der Waals surface area contributed by atoms with E-state index in [1.807, 2.05) is 45.0 Å². The van der Waals surface area contributed by atoms with Gasteiger partial charge in [0.1, 0.15) is 0 Å². The number of nitrogens with one attached hydrogen (secondary N) is 2. The molecule has 120 valence electrons. The number of sulfonamides is 1. The first kappa shape index (κ1) is 18.1. The van der Waals surface area contributed by atoms with E-state index in [4.69, 9.17) is 0 Å². The van der Waals surface area contributed by atoms with Crippen LogP contribution in [0.1, 0.15) is 19.4 Å². The van der Waals surface area contributed by atoms with Gasteiger partial charge in [0.15, 0.2) is 0 Å². The maximum atomic E-state index is 12.7. The van der Waals surface area contributed by atoms with Crippen molar-refractivity contribution < 1.29 is 8.42 Å². The van der Waals surface area contributed by atoms with Crippen LogP contribution in [-0.4, -0.2) is 47.0 Å². The Morgan fingerprint density at radius 3 is 2.33 bits per heavy atom. The van der Waals surface area contributed by atoms with E-state index in [2.05, 4.69) is 10.0 Å². The minimum absolute atomic E-state index is 0.118. The van der Waals surface area contributed by atoms with Gasteiger partial charge >= 0.3 is 0 Å². The predicted octanol–water partition coefficient (Wildman–Crippen LogP) is 1.27. The molecule has 0 aromatic heterocycles. The maximum absolute atomic E-state index is 12.7. The Hall–Kier alpha value is -0.950. The van der Waals surface area contributed by atoms with Crippen molar-refractivity contribution in [3.8, 4) is 0 Å². The summed E-state index contributed by atoms with van der Waals surface area (Å²) < 4.78 is 28.2. The molecule has 21 heavy (non-hydrogen) atoms. The third-order valence-electron chi connectivity index (χ3n) is 3.30. The molecule has 0 spiro atoms. The molecule has 1 aromatic rings. The zero-order chi connectivity index (χ0) is 16.0. The van der Waals surface area contributed by atoms with Gasteiger partial charge in [0, 0.05) is 19.1 Å². The Kier molecular flexibility index (Phi) is 6.80. The summed E-state index contributed by atoms with van der Waals surface area (Å²) in [6, 6.07) is 6.98. The van der Waals surface area contributed by atoms with Gasteiger partial charge in [0.05, 0.1) is 4.90 Å². The summed E-state index contributed by atoms with van der Waals surface area (Å²) in [4.78, 5) is 2.34. The summed E-state index contributed by atoms with van der Waals surface area (Å²) >= 11 is 0. The largest absolute Gasteiger partial charge is 0.316 e. The van der Waals surface area contributed by atoms with Crippen LogP contribution in [0.25, 0.3) is 0 Å². The first-order chi connectivity index (χ1) is 9.77. The van der Waals surface area contributed by atoms with Crippen molar-refractivity contribution in [1.82, 2.24) is 14.9 Å². The number of hydrogen-bond donors (Lipinski definition) is 2. The molecule has 1 aromatic carbocycles. The van der Waals surface area contributed by atoms with Crippen molar-refractivity contribution in [3.63, 3.8) is 0 Å². The van der Waals surface area contributed by atoms with E-state index in [9.17, 15) is 8.42 Å². The van der Waals surface area contributed by atoms with E-state index < -0.39 is 10.0 Å². The van der Waals surface area contributed by atoms with Gasteiger partial charge in [0.2, 0.25) is 10.0 Å². The van der Waals surface area contributed by atoms with Crippen molar-refractivity contribution in [1.29, 1.82) is 0 Å². The lowest BCUT2D eigenvalue weighted by molar-refractivity contribution is 0.314. The number of benzene rings is 1. The van der Waals surface area contributed by atoms with Gasteiger partial charge in [-0.25, -0.2) is 13.1 Å². The molecule has 1 rings (SSSR count). The van der Waals surface area contributed by atoms with Crippen LogP contribution in [0.3, 0.4) is 0 Å². The second-order valence-electron chi connectivity index (χ2n) is 5.87. The lowest BCUT2D eigenvalue weighted by Crippen LogP contribution is -2.45. The predicted molar refractivity (Wildman–Crippen MR) is 86.7 cm³/mol. The van der Waals surface area contributed by atoms with E-state index in [0.717, 1.165) is 5.56 Å². The molecule has 1 atom stereocenters. The first-order valence-electron chi connectivity index (χ1n) is 7.17. The van der Waals surface area contributed by atoms with Crippen molar-refractivity contribution in [3.05, 3.63) is 29.8 Å². The highest BCUT2D eigenvalue weighted by Crippen LogP contribution is 2.17. The normalized spacial score (nSPS) is 13.9. The van der Waals surface area contributed by atoms with Crippen molar-refractivity contribution in [2.45, 2.75) is 31.3 Å². The molecule has 6 heteroatoms. The molecule has 0 saturated carbocycles. The zero-order valence-electron chi connectivity index (χ0n) is 13.6. The van der Waals surface area contributed by atoms with Crippen LogP contribution in [0, 0.1) is 5.92 Å². The van der Waals surface area contributed by atoms with E-state index in [-0.39, 0.29) is 12.0 Å². The molecule has 0 aliphatic carbocycles. The van der Waals surface area contributed by atoms with Gasteiger partial charge < -0.3 is 10.2 Å². The molecule has 5 nitrogen and oxygen atoms in total. The standard InChI is InChI=1S/C15H27N3O2S/c1-12(2)14(11-18(4)5)17-21(19,20)15-9-7-6-8-13(15)10-16-3/h6-9,12,14,16-17H,10-11H2,1-5H3. The molecule has 0 aliphatic rings. The minimum Gasteiger partial charge on any atom is -0.316 e. The molecular formula is C15H27N3O2S. The summed E-state index contributed by atoms with van der Waals surface area (Å²) in [5.74, 6) is 0.221. The van der Waals surface area contributed by atoms with Crippen LogP contribution in [-0.2, 0) is 16.6 Å². The number of rotatable bonds is 8. The van der Waals surface area contributed by atoms with Crippen molar-refractivity contribution in [2.24, 2.45) is 5.92 Å². The maximum Gasteiger partial charge on any atom is 0.241 e. The first-order valence-corrected chi connectivity index (χ1v) is 8.65. The van der Waals surface area contributed by atoms with Gasteiger partial charge in [0.25, 0.3) is 0 Å². The van der Waals surface area contributed by atoms with Gasteiger partial charge in [-0.1, -0.05) is 32.0 Å². The fourth-order valence-electron chi connectivity index (χ4n) is 2.14. The average Bonchev–Trinajstić information content (AvgIpc) is 2.38. The number of likely N-dealkylation sites (N-methyl/N-ethyl adjacent to an activating group) is 1. The highest BCUT2D eigenvalue weighted by molar-refractivity contribution is 7.89. The van der Waals surface area contributed by atoms with Crippen molar-refractivity contribution in [2.75, 3.05) is 27.7 Å². The van der Waals surface area contributed by atoms with Crippen LogP contribution in [0.4, 0.5) is 0 Å². The second kappa shape index (κ2) is 7.89. The monoisotopic (exact) mass is 313 g/mol. The van der Waals surface area contributed by atoms with Crippen LogP contribution >= 0.6 is 0 Å². The molecule has 0 amide bonds. The molecule has 0 heterocycles. The topological polar surface area (TPSA) is 61.4 Å². The van der Waals surface area contributed by atoms with Crippen LogP contribution in [0.5, 0.6) is 0 Å². The number of hydrogen-bond acceptors (Lipinski definition) is 4. The summed E-state index contributed by atoms with van der Waals surface area (Å²) in [5.41, 5.74) is 0.778. The van der Waals surface area contributed by atoms with Gasteiger partial charge in [-0.2, -0.15) is 0 Å². The van der Waals surface area contributed by atoms with Crippen LogP contribution < -0.4 is 10.0 Å². The van der Waals surface area contributed by atoms with Crippen LogP contribution in [0.2, 0.25) is 0 Å². The Bertz CT molecular complexity index is 542. The molecule has 0 fully saturated rings. The van der Waals surface area contributed by atoms with E-state index in [0.29, 0.717) is 18.0 Å². The lowest BCUT2D eigenvalue weighted by Gasteiger charge is -2.26. The average molecular weight is 313 g/mol. The molecule has 0 bridgehead atoms. The Labute approximate surface area is 128 Å². The van der Waals surface area contributed by atoms with Gasteiger partial charge in [-0.3, -0.25) is 0 Å². The second-order valence-corrected chi connectivity index (χ2v) is 7.55.